The summed E-state index contributed by atoms with van der Waals surface area (Å²) >= 11 is 0. The topological polar surface area (TPSA) is 24.7 Å². The second-order valence-corrected chi connectivity index (χ2v) is 2.67. The van der Waals surface area contributed by atoms with Gasteiger partial charge in [0.1, 0.15) is 0 Å². The Morgan fingerprint density at radius 1 is 1.33 bits per heavy atom. The molecule has 2 nitrogen and oxygen atoms in total. The SMILES string of the molecule is CN=NCC1CCCC1. The summed E-state index contributed by atoms with van der Waals surface area (Å²) in [5.74, 6) is 0.855. The van der Waals surface area contributed by atoms with E-state index in [1.165, 1.54) is 25.7 Å². The predicted octanol–water partition coefficient (Wildman–Crippen LogP) is 2.26. The van der Waals surface area contributed by atoms with E-state index < -0.39 is 0 Å². The summed E-state index contributed by atoms with van der Waals surface area (Å²) in [6.45, 7) is 0.969. The Morgan fingerprint density at radius 2 is 2.00 bits per heavy atom. The normalized spacial score (nSPS) is 21.9. The van der Waals surface area contributed by atoms with E-state index in [-0.39, 0.29) is 0 Å². The molecule has 1 saturated carbocycles. The van der Waals surface area contributed by atoms with Crippen molar-refractivity contribution < 1.29 is 0 Å². The van der Waals surface area contributed by atoms with Gasteiger partial charge in [0, 0.05) is 7.05 Å². The van der Waals surface area contributed by atoms with Gasteiger partial charge in [-0.25, -0.2) is 0 Å². The number of hydrogen-bond donors (Lipinski definition) is 0. The summed E-state index contributed by atoms with van der Waals surface area (Å²) in [4.78, 5) is 0. The number of rotatable bonds is 2. The highest BCUT2D eigenvalue weighted by molar-refractivity contribution is 4.67. The molecule has 0 heterocycles. The first kappa shape index (κ1) is 6.72. The third-order valence-corrected chi connectivity index (χ3v) is 1.96. The quantitative estimate of drug-likeness (QED) is 0.507. The van der Waals surface area contributed by atoms with Crippen LogP contribution < -0.4 is 0 Å². The fourth-order valence-electron chi connectivity index (χ4n) is 1.39. The lowest BCUT2D eigenvalue weighted by Gasteiger charge is -2.00. The first-order chi connectivity index (χ1) is 4.43. The van der Waals surface area contributed by atoms with Crippen LogP contribution in [-0.4, -0.2) is 13.6 Å². The first-order valence-electron chi connectivity index (χ1n) is 3.69. The van der Waals surface area contributed by atoms with Gasteiger partial charge in [0.15, 0.2) is 0 Å². The molecule has 1 fully saturated rings. The van der Waals surface area contributed by atoms with E-state index in [2.05, 4.69) is 10.2 Å². The number of azo groups is 1. The molecule has 0 aromatic rings. The van der Waals surface area contributed by atoms with Gasteiger partial charge in [0.05, 0.1) is 6.54 Å². The molecule has 0 amide bonds. The molecule has 0 radical (unpaired) electrons. The molecule has 0 saturated heterocycles. The van der Waals surface area contributed by atoms with Crippen LogP contribution in [0, 0.1) is 5.92 Å². The Kier molecular flexibility index (Phi) is 2.68. The zero-order chi connectivity index (χ0) is 6.53. The summed E-state index contributed by atoms with van der Waals surface area (Å²) in [5, 5.41) is 7.70. The second-order valence-electron chi connectivity index (χ2n) is 2.67. The van der Waals surface area contributed by atoms with Crippen molar-refractivity contribution in [1.29, 1.82) is 0 Å². The summed E-state index contributed by atoms with van der Waals surface area (Å²) < 4.78 is 0. The van der Waals surface area contributed by atoms with Gasteiger partial charge in [0.25, 0.3) is 0 Å². The minimum absolute atomic E-state index is 0.855. The monoisotopic (exact) mass is 126 g/mol. The van der Waals surface area contributed by atoms with Crippen molar-refractivity contribution >= 4 is 0 Å². The van der Waals surface area contributed by atoms with Gasteiger partial charge in [-0.15, -0.1) is 0 Å². The number of hydrogen-bond acceptors (Lipinski definition) is 2. The highest BCUT2D eigenvalue weighted by Gasteiger charge is 2.13. The summed E-state index contributed by atoms with van der Waals surface area (Å²) in [7, 11) is 1.74. The molecule has 9 heavy (non-hydrogen) atoms. The van der Waals surface area contributed by atoms with Crippen molar-refractivity contribution in [1.82, 2.24) is 0 Å². The van der Waals surface area contributed by atoms with Gasteiger partial charge in [-0.3, -0.25) is 0 Å². The maximum Gasteiger partial charge on any atom is 0.0626 e. The smallest absolute Gasteiger partial charge is 0.0626 e. The van der Waals surface area contributed by atoms with Crippen LogP contribution in [0.3, 0.4) is 0 Å². The minimum Gasteiger partial charge on any atom is -0.198 e. The van der Waals surface area contributed by atoms with E-state index in [9.17, 15) is 0 Å². The van der Waals surface area contributed by atoms with Crippen molar-refractivity contribution in [2.24, 2.45) is 16.1 Å². The summed E-state index contributed by atoms with van der Waals surface area (Å²) in [6, 6.07) is 0. The van der Waals surface area contributed by atoms with Crippen LogP contribution in [0.2, 0.25) is 0 Å². The molecule has 1 rings (SSSR count). The fourth-order valence-corrected chi connectivity index (χ4v) is 1.39. The minimum atomic E-state index is 0.855. The van der Waals surface area contributed by atoms with Crippen LogP contribution in [-0.2, 0) is 0 Å². The highest BCUT2D eigenvalue weighted by atomic mass is 15.1. The standard InChI is InChI=1S/C7H14N2/c1-8-9-6-7-4-2-3-5-7/h7H,2-6H2,1H3. The molecular formula is C7H14N2. The average Bonchev–Trinajstić information content (AvgIpc) is 2.34. The molecule has 1 aliphatic rings. The molecule has 0 spiro atoms. The van der Waals surface area contributed by atoms with Crippen LogP contribution in [0.25, 0.3) is 0 Å². The molecule has 2 heteroatoms. The maximum absolute atomic E-state index is 3.98. The van der Waals surface area contributed by atoms with Gasteiger partial charge in [0.2, 0.25) is 0 Å². The highest BCUT2D eigenvalue weighted by Crippen LogP contribution is 2.24. The summed E-state index contributed by atoms with van der Waals surface area (Å²) in [5.41, 5.74) is 0. The largest absolute Gasteiger partial charge is 0.198 e. The van der Waals surface area contributed by atoms with Gasteiger partial charge in [-0.05, 0) is 18.8 Å². The Balaban J connectivity index is 2.11. The molecule has 0 bridgehead atoms. The zero-order valence-corrected chi connectivity index (χ0v) is 6.01. The Bertz CT molecular complexity index is 93.1. The van der Waals surface area contributed by atoms with Crippen molar-refractivity contribution in [2.75, 3.05) is 13.6 Å². The average molecular weight is 126 g/mol. The predicted molar refractivity (Wildman–Crippen MR) is 37.6 cm³/mol. The lowest BCUT2D eigenvalue weighted by molar-refractivity contribution is 0.550. The maximum atomic E-state index is 3.98. The van der Waals surface area contributed by atoms with Crippen LogP contribution in [0.1, 0.15) is 25.7 Å². The Hall–Kier alpha value is -0.400. The Morgan fingerprint density at radius 3 is 2.56 bits per heavy atom. The van der Waals surface area contributed by atoms with E-state index >= 15 is 0 Å². The van der Waals surface area contributed by atoms with Crippen LogP contribution in [0.4, 0.5) is 0 Å². The molecule has 0 unspecified atom stereocenters. The van der Waals surface area contributed by atoms with Gasteiger partial charge >= 0.3 is 0 Å². The van der Waals surface area contributed by atoms with Crippen LogP contribution in [0.5, 0.6) is 0 Å². The first-order valence-corrected chi connectivity index (χ1v) is 3.69. The van der Waals surface area contributed by atoms with Crippen molar-refractivity contribution in [3.8, 4) is 0 Å². The molecule has 0 aliphatic heterocycles. The van der Waals surface area contributed by atoms with E-state index in [0.29, 0.717) is 0 Å². The lowest BCUT2D eigenvalue weighted by Crippen LogP contribution is -1.96. The van der Waals surface area contributed by atoms with E-state index in [4.69, 9.17) is 0 Å². The van der Waals surface area contributed by atoms with E-state index in [1.54, 1.807) is 7.05 Å². The van der Waals surface area contributed by atoms with Crippen LogP contribution >= 0.6 is 0 Å². The van der Waals surface area contributed by atoms with Gasteiger partial charge in [-0.2, -0.15) is 10.2 Å². The summed E-state index contributed by atoms with van der Waals surface area (Å²) in [6.07, 6.45) is 5.56. The molecular weight excluding hydrogens is 112 g/mol. The van der Waals surface area contributed by atoms with E-state index in [1.807, 2.05) is 0 Å². The van der Waals surface area contributed by atoms with Gasteiger partial charge in [-0.1, -0.05) is 12.8 Å². The molecule has 1 aliphatic carbocycles. The van der Waals surface area contributed by atoms with Crippen molar-refractivity contribution in [2.45, 2.75) is 25.7 Å². The number of nitrogens with zero attached hydrogens (tertiary/aromatic N) is 2. The van der Waals surface area contributed by atoms with Crippen molar-refractivity contribution in [3.63, 3.8) is 0 Å². The van der Waals surface area contributed by atoms with Crippen molar-refractivity contribution in [3.05, 3.63) is 0 Å². The molecule has 0 aromatic carbocycles. The van der Waals surface area contributed by atoms with Crippen LogP contribution in [0.15, 0.2) is 10.2 Å². The second kappa shape index (κ2) is 3.59. The molecule has 0 atom stereocenters. The third kappa shape index (κ3) is 2.12. The zero-order valence-electron chi connectivity index (χ0n) is 6.01. The fraction of sp³-hybridized carbons (Fsp3) is 1.00. The third-order valence-electron chi connectivity index (χ3n) is 1.96. The van der Waals surface area contributed by atoms with Gasteiger partial charge < -0.3 is 0 Å². The molecule has 0 N–H and O–H groups in total. The molecule has 52 valence electrons. The molecule has 0 aromatic heterocycles. The Labute approximate surface area is 56.4 Å². The lowest BCUT2D eigenvalue weighted by atomic mass is 10.1. The van der Waals surface area contributed by atoms with E-state index in [0.717, 1.165) is 12.5 Å².